The van der Waals surface area contributed by atoms with Crippen molar-refractivity contribution in [1.82, 2.24) is 0 Å². The summed E-state index contributed by atoms with van der Waals surface area (Å²) in [6.07, 6.45) is 0.479. The minimum Gasteiger partial charge on any atom is -0.372 e. The lowest BCUT2D eigenvalue weighted by molar-refractivity contribution is 0.0576. The van der Waals surface area contributed by atoms with E-state index in [1.54, 1.807) is 13.8 Å². The molecule has 0 amide bonds. The standard InChI is InChI=1S/C14H21NO3S/c1-14(2,15)10-19(16,17)9-13-12-6-4-3-5-11(12)7-8-18-13/h3-6,13H,7-10,15H2,1-2H3. The molecule has 0 saturated heterocycles. The Labute approximate surface area is 114 Å². The molecule has 4 nitrogen and oxygen atoms in total. The maximum atomic E-state index is 12.2. The van der Waals surface area contributed by atoms with Crippen molar-refractivity contribution < 1.29 is 13.2 Å². The van der Waals surface area contributed by atoms with Crippen molar-refractivity contribution in [3.8, 4) is 0 Å². The number of hydrogen-bond acceptors (Lipinski definition) is 4. The summed E-state index contributed by atoms with van der Waals surface area (Å²) in [7, 11) is -3.23. The SMILES string of the molecule is CC(C)(N)CS(=O)(=O)CC1OCCc2ccccc21. The molecule has 0 aromatic heterocycles. The van der Waals surface area contributed by atoms with E-state index in [0.717, 1.165) is 12.0 Å². The molecule has 19 heavy (non-hydrogen) atoms. The third kappa shape index (κ3) is 4.03. The molecule has 0 aliphatic carbocycles. The van der Waals surface area contributed by atoms with Crippen molar-refractivity contribution in [3.05, 3.63) is 35.4 Å². The maximum absolute atomic E-state index is 12.2. The van der Waals surface area contributed by atoms with E-state index < -0.39 is 15.4 Å². The summed E-state index contributed by atoms with van der Waals surface area (Å²) in [6, 6.07) is 7.87. The number of rotatable bonds is 4. The molecule has 0 saturated carbocycles. The van der Waals surface area contributed by atoms with Gasteiger partial charge in [-0.2, -0.15) is 0 Å². The number of ether oxygens (including phenoxy) is 1. The first-order chi connectivity index (χ1) is 8.77. The van der Waals surface area contributed by atoms with Gasteiger partial charge in [0.25, 0.3) is 0 Å². The second-order valence-electron chi connectivity index (χ2n) is 5.85. The smallest absolute Gasteiger partial charge is 0.154 e. The molecular weight excluding hydrogens is 262 g/mol. The van der Waals surface area contributed by atoms with Gasteiger partial charge >= 0.3 is 0 Å². The van der Waals surface area contributed by atoms with Crippen molar-refractivity contribution in [1.29, 1.82) is 0 Å². The van der Waals surface area contributed by atoms with E-state index in [-0.39, 0.29) is 17.6 Å². The summed E-state index contributed by atoms with van der Waals surface area (Å²) in [5.74, 6) is -0.0212. The fourth-order valence-electron chi connectivity index (χ4n) is 2.47. The Balaban J connectivity index is 2.17. The van der Waals surface area contributed by atoms with Crippen LogP contribution in [0.15, 0.2) is 24.3 Å². The molecule has 5 heteroatoms. The lowest BCUT2D eigenvalue weighted by atomic mass is 9.99. The number of fused-ring (bicyclic) bond motifs is 1. The fourth-order valence-corrected chi connectivity index (χ4v) is 4.46. The van der Waals surface area contributed by atoms with Crippen molar-refractivity contribution >= 4 is 9.84 Å². The molecule has 1 heterocycles. The molecule has 1 unspecified atom stereocenters. The van der Waals surface area contributed by atoms with E-state index in [2.05, 4.69) is 0 Å². The molecule has 2 N–H and O–H groups in total. The van der Waals surface area contributed by atoms with E-state index in [1.807, 2.05) is 24.3 Å². The minimum absolute atomic E-state index is 0.00461. The average Bonchev–Trinajstić information content (AvgIpc) is 2.25. The Kier molecular flexibility index (Phi) is 3.99. The molecule has 1 aliphatic rings. The van der Waals surface area contributed by atoms with E-state index in [4.69, 9.17) is 10.5 Å². The highest BCUT2D eigenvalue weighted by Crippen LogP contribution is 2.28. The zero-order valence-electron chi connectivity index (χ0n) is 11.4. The number of benzene rings is 1. The minimum atomic E-state index is -3.23. The highest BCUT2D eigenvalue weighted by molar-refractivity contribution is 7.91. The first-order valence-corrected chi connectivity index (χ1v) is 8.28. The lowest BCUT2D eigenvalue weighted by Crippen LogP contribution is -2.41. The quantitative estimate of drug-likeness (QED) is 0.908. The zero-order valence-corrected chi connectivity index (χ0v) is 12.2. The average molecular weight is 283 g/mol. The van der Waals surface area contributed by atoms with E-state index in [1.165, 1.54) is 5.56 Å². The largest absolute Gasteiger partial charge is 0.372 e. The van der Waals surface area contributed by atoms with Gasteiger partial charge in [0, 0.05) is 5.54 Å². The van der Waals surface area contributed by atoms with Gasteiger partial charge in [-0.3, -0.25) is 0 Å². The molecule has 0 radical (unpaired) electrons. The maximum Gasteiger partial charge on any atom is 0.154 e. The summed E-state index contributed by atoms with van der Waals surface area (Å²) < 4.78 is 30.0. The second-order valence-corrected chi connectivity index (χ2v) is 7.96. The number of sulfone groups is 1. The van der Waals surface area contributed by atoms with E-state index in [0.29, 0.717) is 6.61 Å². The summed E-state index contributed by atoms with van der Waals surface area (Å²) in [6.45, 7) is 4.02. The Bertz CT molecular complexity index is 546. The van der Waals surface area contributed by atoms with Gasteiger partial charge in [0.2, 0.25) is 0 Å². The van der Waals surface area contributed by atoms with Crippen molar-refractivity contribution in [3.63, 3.8) is 0 Å². The second kappa shape index (κ2) is 5.23. The van der Waals surface area contributed by atoms with Crippen LogP contribution in [0.25, 0.3) is 0 Å². The predicted octanol–water partition coefficient (Wildman–Crippen LogP) is 1.45. The van der Waals surface area contributed by atoms with E-state index in [9.17, 15) is 8.42 Å². The summed E-state index contributed by atoms with van der Waals surface area (Å²) in [4.78, 5) is 0. The predicted molar refractivity (Wildman–Crippen MR) is 75.8 cm³/mol. The van der Waals surface area contributed by atoms with Crippen LogP contribution >= 0.6 is 0 Å². The molecule has 106 valence electrons. The molecule has 0 fully saturated rings. The molecule has 2 rings (SSSR count). The molecule has 0 spiro atoms. The van der Waals surface area contributed by atoms with Crippen LogP contribution in [0.4, 0.5) is 0 Å². The first-order valence-electron chi connectivity index (χ1n) is 6.46. The van der Waals surface area contributed by atoms with Crippen LogP contribution in [0, 0.1) is 0 Å². The number of hydrogen-bond donors (Lipinski definition) is 1. The molecule has 1 aromatic rings. The van der Waals surface area contributed by atoms with Gasteiger partial charge in [0.1, 0.15) is 0 Å². The molecule has 1 aromatic carbocycles. The fraction of sp³-hybridized carbons (Fsp3) is 0.571. The van der Waals surface area contributed by atoms with Crippen LogP contribution in [-0.4, -0.2) is 32.1 Å². The monoisotopic (exact) mass is 283 g/mol. The van der Waals surface area contributed by atoms with Crippen molar-refractivity contribution in [2.24, 2.45) is 5.73 Å². The highest BCUT2D eigenvalue weighted by atomic mass is 32.2. The van der Waals surface area contributed by atoms with Crippen molar-refractivity contribution in [2.75, 3.05) is 18.1 Å². The normalized spacial score (nSPS) is 20.1. The Hall–Kier alpha value is -0.910. The molecule has 1 atom stereocenters. The van der Waals surface area contributed by atoms with Gasteiger partial charge in [-0.15, -0.1) is 0 Å². The van der Waals surface area contributed by atoms with Crippen LogP contribution in [0.1, 0.15) is 31.1 Å². The Morgan fingerprint density at radius 3 is 2.74 bits per heavy atom. The van der Waals surface area contributed by atoms with Gasteiger partial charge in [0.15, 0.2) is 9.84 Å². The lowest BCUT2D eigenvalue weighted by Gasteiger charge is -2.27. The van der Waals surface area contributed by atoms with E-state index >= 15 is 0 Å². The summed E-state index contributed by atoms with van der Waals surface area (Å²) >= 11 is 0. The zero-order chi connectivity index (χ0) is 14.1. The van der Waals surface area contributed by atoms with Crippen LogP contribution in [0.2, 0.25) is 0 Å². The van der Waals surface area contributed by atoms with Gasteiger partial charge in [-0.1, -0.05) is 24.3 Å². The van der Waals surface area contributed by atoms with Gasteiger partial charge < -0.3 is 10.5 Å². The summed E-state index contributed by atoms with van der Waals surface area (Å²) in [5.41, 5.74) is 7.26. The molecule has 0 bridgehead atoms. The van der Waals surface area contributed by atoms with Crippen molar-refractivity contribution in [2.45, 2.75) is 31.9 Å². The summed E-state index contributed by atoms with van der Waals surface area (Å²) in [5, 5.41) is 0. The molecule has 1 aliphatic heterocycles. The van der Waals surface area contributed by atoms with Gasteiger partial charge in [0.05, 0.1) is 24.2 Å². The third-order valence-electron chi connectivity index (χ3n) is 3.09. The topological polar surface area (TPSA) is 69.4 Å². The Morgan fingerprint density at radius 2 is 2.05 bits per heavy atom. The van der Waals surface area contributed by atoms with Crippen LogP contribution in [0.3, 0.4) is 0 Å². The van der Waals surface area contributed by atoms with Crippen LogP contribution in [0.5, 0.6) is 0 Å². The third-order valence-corrected chi connectivity index (χ3v) is 5.08. The van der Waals surface area contributed by atoms with Gasteiger partial charge in [-0.05, 0) is 31.4 Å². The van der Waals surface area contributed by atoms with Crippen LogP contribution in [-0.2, 0) is 21.0 Å². The Morgan fingerprint density at radius 1 is 1.37 bits per heavy atom. The first kappa shape index (κ1) is 14.5. The molecular formula is C14H21NO3S. The highest BCUT2D eigenvalue weighted by Gasteiger charge is 2.29. The van der Waals surface area contributed by atoms with Gasteiger partial charge in [-0.25, -0.2) is 8.42 Å². The number of nitrogens with two attached hydrogens (primary N) is 1. The van der Waals surface area contributed by atoms with Crippen LogP contribution < -0.4 is 5.73 Å².